The van der Waals surface area contributed by atoms with Crippen molar-refractivity contribution in [3.8, 4) is 17.0 Å². The van der Waals surface area contributed by atoms with Crippen molar-refractivity contribution in [1.82, 2.24) is 24.4 Å². The third kappa shape index (κ3) is 3.03. The normalized spacial score (nSPS) is 11.0. The van der Waals surface area contributed by atoms with E-state index in [1.165, 1.54) is 0 Å². The maximum Gasteiger partial charge on any atom is 0.154 e. The van der Waals surface area contributed by atoms with Crippen LogP contribution < -0.4 is 10.1 Å². The molecule has 0 saturated heterocycles. The molecule has 4 aromatic rings. The Hall–Kier alpha value is -3.35. The molecular formula is C18H18N6O. The number of rotatable bonds is 5. The molecule has 0 spiro atoms. The molecule has 7 nitrogen and oxygen atoms in total. The molecule has 126 valence electrons. The second-order valence-electron chi connectivity index (χ2n) is 5.74. The molecule has 0 unspecified atom stereocenters. The van der Waals surface area contributed by atoms with Crippen LogP contribution in [0.3, 0.4) is 0 Å². The van der Waals surface area contributed by atoms with Gasteiger partial charge in [-0.05, 0) is 29.8 Å². The van der Waals surface area contributed by atoms with Gasteiger partial charge in [0, 0.05) is 25.4 Å². The lowest BCUT2D eigenvalue weighted by Gasteiger charge is -2.07. The lowest BCUT2D eigenvalue weighted by atomic mass is 10.2. The highest BCUT2D eigenvalue weighted by atomic mass is 16.5. The molecule has 0 aliphatic carbocycles. The summed E-state index contributed by atoms with van der Waals surface area (Å²) in [5, 5.41) is 12.2. The number of nitrogens with one attached hydrogen (secondary N) is 1. The molecule has 1 N–H and O–H groups in total. The number of nitrogens with zero attached hydrogens (tertiary/aromatic N) is 5. The van der Waals surface area contributed by atoms with Crippen LogP contribution >= 0.6 is 0 Å². The van der Waals surface area contributed by atoms with Crippen molar-refractivity contribution in [2.24, 2.45) is 7.05 Å². The maximum atomic E-state index is 5.18. The number of fused-ring (bicyclic) bond motifs is 1. The zero-order valence-electron chi connectivity index (χ0n) is 14.0. The number of methoxy groups -OCH3 is 1. The van der Waals surface area contributed by atoms with Gasteiger partial charge in [0.2, 0.25) is 0 Å². The number of anilines is 1. The van der Waals surface area contributed by atoms with Gasteiger partial charge in [0.05, 0.1) is 25.2 Å². The fourth-order valence-corrected chi connectivity index (χ4v) is 2.65. The molecule has 7 heteroatoms. The van der Waals surface area contributed by atoms with Gasteiger partial charge < -0.3 is 10.1 Å². The Kier molecular flexibility index (Phi) is 3.81. The standard InChI is InChI=1S/C18H18N6O/c1-23-12-14(10-21-23)16-11-20-18-8-7-17(22-24(16)18)19-9-13-3-5-15(25-2)6-4-13/h3-8,10-12H,9H2,1-2H3,(H,19,22). The molecule has 0 amide bonds. The molecule has 25 heavy (non-hydrogen) atoms. The van der Waals surface area contributed by atoms with E-state index in [0.717, 1.165) is 34.0 Å². The van der Waals surface area contributed by atoms with E-state index in [4.69, 9.17) is 4.74 Å². The minimum atomic E-state index is 0.680. The molecule has 0 aliphatic heterocycles. The minimum Gasteiger partial charge on any atom is -0.497 e. The Morgan fingerprint density at radius 2 is 1.92 bits per heavy atom. The second kappa shape index (κ2) is 6.27. The Morgan fingerprint density at radius 3 is 2.64 bits per heavy atom. The van der Waals surface area contributed by atoms with Crippen LogP contribution in [0.2, 0.25) is 0 Å². The summed E-state index contributed by atoms with van der Waals surface area (Å²) < 4.78 is 8.77. The number of hydrogen-bond acceptors (Lipinski definition) is 5. The number of hydrogen-bond donors (Lipinski definition) is 1. The van der Waals surface area contributed by atoms with Crippen molar-refractivity contribution in [1.29, 1.82) is 0 Å². The number of imidazole rings is 1. The Bertz CT molecular complexity index is 1000. The number of benzene rings is 1. The smallest absolute Gasteiger partial charge is 0.154 e. The van der Waals surface area contributed by atoms with Gasteiger partial charge in [-0.2, -0.15) is 5.10 Å². The first-order valence-electron chi connectivity index (χ1n) is 7.93. The van der Waals surface area contributed by atoms with Crippen molar-refractivity contribution >= 4 is 11.5 Å². The average Bonchev–Trinajstić information content (AvgIpc) is 3.26. The van der Waals surface area contributed by atoms with Gasteiger partial charge in [0.25, 0.3) is 0 Å². The van der Waals surface area contributed by atoms with Gasteiger partial charge in [0.15, 0.2) is 5.65 Å². The van der Waals surface area contributed by atoms with Crippen molar-refractivity contribution in [3.05, 3.63) is 60.6 Å². The van der Waals surface area contributed by atoms with E-state index in [1.807, 2.05) is 66.6 Å². The van der Waals surface area contributed by atoms with Crippen molar-refractivity contribution in [2.75, 3.05) is 12.4 Å². The summed E-state index contributed by atoms with van der Waals surface area (Å²) in [5.74, 6) is 1.63. The summed E-state index contributed by atoms with van der Waals surface area (Å²) in [4.78, 5) is 4.40. The van der Waals surface area contributed by atoms with Gasteiger partial charge in [-0.15, -0.1) is 5.10 Å². The molecule has 0 saturated carbocycles. The molecule has 0 atom stereocenters. The molecule has 0 radical (unpaired) electrons. The summed E-state index contributed by atoms with van der Waals surface area (Å²) >= 11 is 0. The van der Waals surface area contributed by atoms with Crippen molar-refractivity contribution < 1.29 is 4.74 Å². The van der Waals surface area contributed by atoms with Crippen LogP contribution in [0.15, 0.2) is 55.0 Å². The Morgan fingerprint density at radius 1 is 1.08 bits per heavy atom. The van der Waals surface area contributed by atoms with Gasteiger partial charge in [-0.1, -0.05) is 12.1 Å². The van der Waals surface area contributed by atoms with E-state index in [1.54, 1.807) is 11.8 Å². The van der Waals surface area contributed by atoms with Gasteiger partial charge in [-0.25, -0.2) is 9.50 Å². The van der Waals surface area contributed by atoms with Gasteiger partial charge >= 0.3 is 0 Å². The van der Waals surface area contributed by atoms with E-state index in [2.05, 4.69) is 20.5 Å². The topological polar surface area (TPSA) is 69.3 Å². The largest absolute Gasteiger partial charge is 0.497 e. The SMILES string of the molecule is COc1ccc(CNc2ccc3ncc(-c4cnn(C)c4)n3n2)cc1. The highest BCUT2D eigenvalue weighted by Crippen LogP contribution is 2.20. The van der Waals surface area contributed by atoms with Gasteiger partial charge in [-0.3, -0.25) is 4.68 Å². The molecule has 0 fully saturated rings. The Labute approximate surface area is 144 Å². The maximum absolute atomic E-state index is 5.18. The fourth-order valence-electron chi connectivity index (χ4n) is 2.65. The van der Waals surface area contributed by atoms with Crippen LogP contribution in [0.1, 0.15) is 5.56 Å². The predicted molar refractivity (Wildman–Crippen MR) is 95.5 cm³/mol. The van der Waals surface area contributed by atoms with Gasteiger partial charge in [0.1, 0.15) is 11.6 Å². The van der Waals surface area contributed by atoms with Crippen molar-refractivity contribution in [2.45, 2.75) is 6.54 Å². The number of aryl methyl sites for hydroxylation is 1. The van der Waals surface area contributed by atoms with Crippen molar-refractivity contribution in [3.63, 3.8) is 0 Å². The molecule has 0 bridgehead atoms. The van der Waals surface area contributed by atoms with Crippen LogP contribution in [-0.4, -0.2) is 31.5 Å². The predicted octanol–water partition coefficient (Wildman–Crippen LogP) is 2.75. The molecule has 3 aromatic heterocycles. The Balaban J connectivity index is 1.57. The number of ether oxygens (including phenoxy) is 1. The summed E-state index contributed by atoms with van der Waals surface area (Å²) in [6.07, 6.45) is 5.57. The summed E-state index contributed by atoms with van der Waals surface area (Å²) in [7, 11) is 3.55. The molecule has 0 aliphatic rings. The highest BCUT2D eigenvalue weighted by Gasteiger charge is 2.09. The van der Waals surface area contributed by atoms with Crippen LogP contribution in [-0.2, 0) is 13.6 Å². The fraction of sp³-hybridized carbons (Fsp3) is 0.167. The van der Waals surface area contributed by atoms with Crippen LogP contribution in [0.5, 0.6) is 5.75 Å². The zero-order valence-corrected chi connectivity index (χ0v) is 14.0. The first-order valence-corrected chi connectivity index (χ1v) is 7.93. The van der Waals surface area contributed by atoms with E-state index < -0.39 is 0 Å². The van der Waals surface area contributed by atoms with E-state index in [0.29, 0.717) is 6.54 Å². The first kappa shape index (κ1) is 15.2. The molecule has 1 aromatic carbocycles. The van der Waals surface area contributed by atoms with E-state index in [-0.39, 0.29) is 0 Å². The quantitative estimate of drug-likeness (QED) is 0.608. The molecule has 4 rings (SSSR count). The second-order valence-corrected chi connectivity index (χ2v) is 5.74. The summed E-state index contributed by atoms with van der Waals surface area (Å²) in [6, 6.07) is 11.8. The third-order valence-electron chi connectivity index (χ3n) is 4.00. The van der Waals surface area contributed by atoms with E-state index in [9.17, 15) is 0 Å². The van der Waals surface area contributed by atoms with Crippen LogP contribution in [0, 0.1) is 0 Å². The summed E-state index contributed by atoms with van der Waals surface area (Å²) in [5.41, 5.74) is 3.85. The lowest BCUT2D eigenvalue weighted by Crippen LogP contribution is -2.04. The highest BCUT2D eigenvalue weighted by molar-refractivity contribution is 5.62. The first-order chi connectivity index (χ1) is 12.2. The average molecular weight is 334 g/mol. The van der Waals surface area contributed by atoms with Crippen LogP contribution in [0.4, 0.5) is 5.82 Å². The lowest BCUT2D eigenvalue weighted by molar-refractivity contribution is 0.414. The third-order valence-corrected chi connectivity index (χ3v) is 4.00. The molecule has 3 heterocycles. The van der Waals surface area contributed by atoms with Crippen LogP contribution in [0.25, 0.3) is 16.9 Å². The van der Waals surface area contributed by atoms with E-state index >= 15 is 0 Å². The number of aromatic nitrogens is 5. The zero-order chi connectivity index (χ0) is 17.2. The summed E-state index contributed by atoms with van der Waals surface area (Å²) in [6.45, 7) is 0.680. The molecular weight excluding hydrogens is 316 g/mol. The minimum absolute atomic E-state index is 0.680. The monoisotopic (exact) mass is 334 g/mol.